The molecule has 4 aromatic rings. The third-order valence-corrected chi connectivity index (χ3v) is 6.28. The van der Waals surface area contributed by atoms with E-state index in [1.807, 2.05) is 31.2 Å². The molecule has 0 bridgehead atoms. The fraction of sp³-hybridized carbons (Fsp3) is 0.172. The summed E-state index contributed by atoms with van der Waals surface area (Å²) >= 11 is 0. The monoisotopic (exact) mass is 500 g/mol. The number of ketones is 1. The molecule has 1 atom stereocenters. The van der Waals surface area contributed by atoms with E-state index in [0.29, 0.717) is 36.0 Å². The molecule has 1 aliphatic rings. The van der Waals surface area contributed by atoms with Gasteiger partial charge < -0.3 is 19.6 Å². The lowest BCUT2D eigenvalue weighted by Gasteiger charge is -2.25. The van der Waals surface area contributed by atoms with Crippen molar-refractivity contribution in [2.45, 2.75) is 19.9 Å². The molecule has 7 nitrogen and oxygen atoms in total. The lowest BCUT2D eigenvalue weighted by Crippen LogP contribution is -2.29. The van der Waals surface area contributed by atoms with E-state index >= 15 is 0 Å². The van der Waals surface area contributed by atoms with Gasteiger partial charge in [0, 0.05) is 34.4 Å². The number of carbonyl (C=O) groups excluding carboxylic acids is 2. The van der Waals surface area contributed by atoms with Crippen LogP contribution in [-0.4, -0.2) is 35.0 Å². The minimum absolute atomic E-state index is 0.0933. The van der Waals surface area contributed by atoms with Gasteiger partial charge in [0.2, 0.25) is 0 Å². The molecule has 0 spiro atoms. The quantitative estimate of drug-likeness (QED) is 0.192. The molecule has 1 fully saturated rings. The molecule has 188 valence electrons. The molecule has 1 unspecified atom stereocenters. The number of carbonyl (C=O) groups is 2. The van der Waals surface area contributed by atoms with E-state index in [1.165, 1.54) is 29.2 Å². The number of fused-ring (bicyclic) bond motifs is 1. The van der Waals surface area contributed by atoms with Crippen LogP contribution in [0.4, 0.5) is 10.1 Å². The highest BCUT2D eigenvalue weighted by Gasteiger charge is 2.48. The predicted octanol–water partition coefficient (Wildman–Crippen LogP) is 5.73. The predicted molar refractivity (Wildman–Crippen MR) is 138 cm³/mol. The second kappa shape index (κ2) is 9.81. The summed E-state index contributed by atoms with van der Waals surface area (Å²) in [6, 6.07) is 16.7. The molecule has 0 radical (unpaired) electrons. The summed E-state index contributed by atoms with van der Waals surface area (Å²) in [5, 5.41) is 12.4. The van der Waals surface area contributed by atoms with Gasteiger partial charge in [-0.3, -0.25) is 14.5 Å². The maximum atomic E-state index is 13.7. The Balaban J connectivity index is 1.75. The standard InChI is InChI=1S/C29H25FN2O5/c1-3-36-19-13-14-21(24(15-19)37-4-2)27(33)25-26(22-16-31-23-8-6-5-7-20(22)23)32(29(35)28(25)34)18-11-9-17(30)10-12-18/h5-16,26,31,33H,3-4H2,1-2H3/b27-25+. The van der Waals surface area contributed by atoms with Crippen molar-refractivity contribution in [1.29, 1.82) is 0 Å². The number of anilines is 1. The fourth-order valence-electron chi connectivity index (χ4n) is 4.69. The van der Waals surface area contributed by atoms with Gasteiger partial charge in [-0.25, -0.2) is 4.39 Å². The van der Waals surface area contributed by atoms with E-state index in [0.717, 1.165) is 10.9 Å². The van der Waals surface area contributed by atoms with Crippen molar-refractivity contribution in [1.82, 2.24) is 4.98 Å². The number of rotatable bonds is 7. The molecule has 1 aliphatic heterocycles. The third-order valence-electron chi connectivity index (χ3n) is 6.28. The first-order chi connectivity index (χ1) is 17.9. The summed E-state index contributed by atoms with van der Waals surface area (Å²) in [7, 11) is 0. The SMILES string of the molecule is CCOc1ccc(/C(O)=C2\C(=O)C(=O)N(c3ccc(F)cc3)C2c2c[nH]c3ccccc23)c(OCC)c1. The van der Waals surface area contributed by atoms with Gasteiger partial charge in [-0.05, 0) is 56.3 Å². The van der Waals surface area contributed by atoms with Crippen LogP contribution in [0, 0.1) is 5.82 Å². The molecule has 2 heterocycles. The number of aliphatic hydroxyl groups excluding tert-OH is 1. The van der Waals surface area contributed by atoms with Crippen LogP contribution in [0.15, 0.2) is 78.5 Å². The van der Waals surface area contributed by atoms with Crippen LogP contribution >= 0.6 is 0 Å². The van der Waals surface area contributed by atoms with Crippen LogP contribution in [0.25, 0.3) is 16.7 Å². The number of nitrogens with zero attached hydrogens (tertiary/aromatic N) is 1. The number of hydrogen-bond acceptors (Lipinski definition) is 5. The normalized spacial score (nSPS) is 16.9. The van der Waals surface area contributed by atoms with E-state index in [2.05, 4.69) is 4.98 Å². The molecule has 37 heavy (non-hydrogen) atoms. The van der Waals surface area contributed by atoms with E-state index in [4.69, 9.17) is 9.47 Å². The molecule has 1 amide bonds. The first-order valence-corrected chi connectivity index (χ1v) is 12.0. The minimum Gasteiger partial charge on any atom is -0.507 e. The van der Waals surface area contributed by atoms with Gasteiger partial charge >= 0.3 is 0 Å². The van der Waals surface area contributed by atoms with Crippen molar-refractivity contribution in [3.63, 3.8) is 0 Å². The smallest absolute Gasteiger partial charge is 0.300 e. The van der Waals surface area contributed by atoms with Crippen molar-refractivity contribution in [3.8, 4) is 11.5 Å². The molecule has 5 rings (SSSR count). The lowest BCUT2D eigenvalue weighted by molar-refractivity contribution is -0.132. The molecular weight excluding hydrogens is 475 g/mol. The van der Waals surface area contributed by atoms with Crippen molar-refractivity contribution >= 4 is 34.0 Å². The molecule has 3 aromatic carbocycles. The van der Waals surface area contributed by atoms with Crippen molar-refractivity contribution in [3.05, 3.63) is 95.4 Å². The van der Waals surface area contributed by atoms with Crippen molar-refractivity contribution < 1.29 is 28.6 Å². The topological polar surface area (TPSA) is 91.9 Å². The van der Waals surface area contributed by atoms with Gasteiger partial charge in [0.1, 0.15) is 23.1 Å². The third kappa shape index (κ3) is 4.20. The summed E-state index contributed by atoms with van der Waals surface area (Å²) < 4.78 is 25.0. The summed E-state index contributed by atoms with van der Waals surface area (Å²) in [5.74, 6) is -1.66. The Morgan fingerprint density at radius 3 is 2.46 bits per heavy atom. The molecule has 0 saturated carbocycles. The average molecular weight is 501 g/mol. The number of Topliss-reactive ketones (excluding diaryl/α,β-unsaturated/α-hetero) is 1. The largest absolute Gasteiger partial charge is 0.507 e. The van der Waals surface area contributed by atoms with E-state index in [1.54, 1.807) is 31.3 Å². The van der Waals surface area contributed by atoms with Gasteiger partial charge in [-0.2, -0.15) is 0 Å². The molecule has 8 heteroatoms. The number of para-hydroxylation sites is 1. The highest BCUT2D eigenvalue weighted by molar-refractivity contribution is 6.52. The average Bonchev–Trinajstić information content (AvgIpc) is 3.43. The molecule has 2 N–H and O–H groups in total. The van der Waals surface area contributed by atoms with Crippen molar-refractivity contribution in [2.24, 2.45) is 0 Å². The number of ether oxygens (including phenoxy) is 2. The van der Waals surface area contributed by atoms with Crippen LogP contribution in [0.5, 0.6) is 11.5 Å². The number of aromatic nitrogens is 1. The highest BCUT2D eigenvalue weighted by Crippen LogP contribution is 2.45. The van der Waals surface area contributed by atoms with E-state index < -0.39 is 23.5 Å². The number of aliphatic hydroxyl groups is 1. The molecular formula is C29H25FN2O5. The van der Waals surface area contributed by atoms with Gasteiger partial charge in [0.25, 0.3) is 11.7 Å². The van der Waals surface area contributed by atoms with E-state index in [-0.39, 0.29) is 16.9 Å². The van der Waals surface area contributed by atoms with E-state index in [9.17, 15) is 19.1 Å². The van der Waals surface area contributed by atoms with Crippen LogP contribution in [0.2, 0.25) is 0 Å². The Morgan fingerprint density at radius 2 is 1.73 bits per heavy atom. The molecule has 1 saturated heterocycles. The zero-order chi connectivity index (χ0) is 26.1. The molecule has 1 aromatic heterocycles. The second-order valence-corrected chi connectivity index (χ2v) is 8.46. The Kier molecular flexibility index (Phi) is 6.40. The Hall–Kier alpha value is -4.59. The lowest BCUT2D eigenvalue weighted by atomic mass is 9.94. The highest BCUT2D eigenvalue weighted by atomic mass is 19.1. The fourth-order valence-corrected chi connectivity index (χ4v) is 4.69. The summed E-state index contributed by atoms with van der Waals surface area (Å²) in [4.78, 5) is 31.4. The van der Waals surface area contributed by atoms with Gasteiger partial charge in [-0.15, -0.1) is 0 Å². The van der Waals surface area contributed by atoms with Crippen molar-refractivity contribution in [2.75, 3.05) is 18.1 Å². The maximum Gasteiger partial charge on any atom is 0.300 e. The van der Waals surface area contributed by atoms with Crippen LogP contribution in [0.1, 0.15) is 31.0 Å². The van der Waals surface area contributed by atoms with Crippen LogP contribution in [-0.2, 0) is 9.59 Å². The minimum atomic E-state index is -0.970. The van der Waals surface area contributed by atoms with Crippen LogP contribution < -0.4 is 14.4 Å². The Bertz CT molecular complexity index is 1520. The number of halogens is 1. The first kappa shape index (κ1) is 24.1. The number of hydrogen-bond donors (Lipinski definition) is 2. The summed E-state index contributed by atoms with van der Waals surface area (Å²) in [6.07, 6.45) is 1.71. The zero-order valence-corrected chi connectivity index (χ0v) is 20.3. The first-order valence-electron chi connectivity index (χ1n) is 12.0. The van der Waals surface area contributed by atoms with Gasteiger partial charge in [-0.1, -0.05) is 18.2 Å². The second-order valence-electron chi connectivity index (χ2n) is 8.46. The number of amides is 1. The number of aromatic amines is 1. The Labute approximate surface area is 212 Å². The zero-order valence-electron chi connectivity index (χ0n) is 20.3. The number of benzene rings is 3. The number of H-pyrrole nitrogens is 1. The number of nitrogens with one attached hydrogen (secondary N) is 1. The van der Waals surface area contributed by atoms with Gasteiger partial charge in [0.05, 0.1) is 30.4 Å². The van der Waals surface area contributed by atoms with Gasteiger partial charge in [0.15, 0.2) is 0 Å². The molecule has 0 aliphatic carbocycles. The maximum absolute atomic E-state index is 13.7. The van der Waals surface area contributed by atoms with Crippen LogP contribution in [0.3, 0.4) is 0 Å². The Morgan fingerprint density at radius 1 is 1.00 bits per heavy atom. The summed E-state index contributed by atoms with van der Waals surface area (Å²) in [5.41, 5.74) is 1.91. The summed E-state index contributed by atoms with van der Waals surface area (Å²) in [6.45, 7) is 4.41.